The van der Waals surface area contributed by atoms with E-state index < -0.39 is 0 Å². The molecule has 0 aromatic carbocycles. The van der Waals surface area contributed by atoms with E-state index in [1.165, 1.54) is 0 Å². The van der Waals surface area contributed by atoms with Crippen molar-refractivity contribution in [2.24, 2.45) is 0 Å². The Bertz CT molecular complexity index is 75.3. The summed E-state index contributed by atoms with van der Waals surface area (Å²) >= 11 is 0. The molecular formula is C8H20N2. The molecular weight excluding hydrogens is 124 g/mol. The van der Waals surface area contributed by atoms with Crippen molar-refractivity contribution in [1.29, 1.82) is 0 Å². The van der Waals surface area contributed by atoms with Gasteiger partial charge in [-0.05, 0) is 13.8 Å². The zero-order valence-corrected chi connectivity index (χ0v) is 7.86. The highest BCUT2D eigenvalue weighted by Gasteiger charge is 1.92. The SMILES string of the molecule is C=C(C)N(CC)NC.CC. The summed E-state index contributed by atoms with van der Waals surface area (Å²) in [4.78, 5) is 0. The number of allylic oxidation sites excluding steroid dienone is 1. The lowest BCUT2D eigenvalue weighted by Gasteiger charge is -2.20. The maximum absolute atomic E-state index is 3.76. The number of nitrogens with zero attached hydrogens (tertiary/aromatic N) is 1. The fourth-order valence-electron chi connectivity index (χ4n) is 0.619. The van der Waals surface area contributed by atoms with Crippen LogP contribution < -0.4 is 5.43 Å². The van der Waals surface area contributed by atoms with E-state index in [2.05, 4.69) is 18.9 Å². The molecule has 0 rings (SSSR count). The summed E-state index contributed by atoms with van der Waals surface area (Å²) < 4.78 is 0. The zero-order chi connectivity index (χ0) is 8.57. The highest BCUT2D eigenvalue weighted by molar-refractivity contribution is 4.84. The van der Waals surface area contributed by atoms with Crippen molar-refractivity contribution in [3.8, 4) is 0 Å². The second kappa shape index (κ2) is 8.50. The summed E-state index contributed by atoms with van der Waals surface area (Å²) in [6.07, 6.45) is 0. The number of hydrogen-bond donors (Lipinski definition) is 1. The lowest BCUT2D eigenvalue weighted by Crippen LogP contribution is -2.32. The molecule has 0 saturated carbocycles. The molecule has 0 aliphatic rings. The summed E-state index contributed by atoms with van der Waals surface area (Å²) in [7, 11) is 1.89. The van der Waals surface area contributed by atoms with Crippen molar-refractivity contribution in [1.82, 2.24) is 10.4 Å². The van der Waals surface area contributed by atoms with Crippen molar-refractivity contribution in [3.05, 3.63) is 12.3 Å². The highest BCUT2D eigenvalue weighted by Crippen LogP contribution is 1.91. The molecule has 0 unspecified atom stereocenters. The lowest BCUT2D eigenvalue weighted by molar-refractivity contribution is 0.287. The smallest absolute Gasteiger partial charge is 0.0312 e. The molecule has 0 radical (unpaired) electrons. The Kier molecular flexibility index (Phi) is 10.4. The predicted molar refractivity (Wildman–Crippen MR) is 47.6 cm³/mol. The first-order valence-electron chi connectivity index (χ1n) is 3.82. The first-order chi connectivity index (χ1) is 4.72. The molecule has 1 N–H and O–H groups in total. The van der Waals surface area contributed by atoms with Gasteiger partial charge in [0.25, 0.3) is 0 Å². The molecule has 0 heterocycles. The molecule has 0 amide bonds. The first kappa shape index (κ1) is 12.2. The molecule has 0 aliphatic carbocycles. The van der Waals surface area contributed by atoms with Gasteiger partial charge in [0.15, 0.2) is 0 Å². The average Bonchev–Trinajstić information content (AvgIpc) is 1.94. The maximum Gasteiger partial charge on any atom is 0.0312 e. The largest absolute Gasteiger partial charge is 0.314 e. The maximum atomic E-state index is 3.76. The Balaban J connectivity index is 0. The predicted octanol–water partition coefficient (Wildman–Crippen LogP) is 2.00. The van der Waals surface area contributed by atoms with E-state index in [9.17, 15) is 0 Å². The van der Waals surface area contributed by atoms with Gasteiger partial charge in [-0.3, -0.25) is 0 Å². The third-order valence-electron chi connectivity index (χ3n) is 1.05. The van der Waals surface area contributed by atoms with Gasteiger partial charge in [-0.15, -0.1) is 0 Å². The van der Waals surface area contributed by atoms with Crippen molar-refractivity contribution < 1.29 is 0 Å². The highest BCUT2D eigenvalue weighted by atomic mass is 15.5. The van der Waals surface area contributed by atoms with E-state index in [0.717, 1.165) is 12.2 Å². The van der Waals surface area contributed by atoms with Gasteiger partial charge in [0.2, 0.25) is 0 Å². The standard InChI is InChI=1S/C6H14N2.C2H6/c1-5-8(7-4)6(2)3;1-2/h7H,2,5H2,1,3-4H3;1-2H3. The van der Waals surface area contributed by atoms with Crippen molar-refractivity contribution in [2.75, 3.05) is 13.6 Å². The minimum Gasteiger partial charge on any atom is -0.314 e. The van der Waals surface area contributed by atoms with Gasteiger partial charge in [0.05, 0.1) is 0 Å². The fourth-order valence-corrected chi connectivity index (χ4v) is 0.619. The quantitative estimate of drug-likeness (QED) is 0.609. The van der Waals surface area contributed by atoms with E-state index in [0.29, 0.717) is 0 Å². The minimum atomic E-state index is 0.964. The van der Waals surface area contributed by atoms with E-state index in [4.69, 9.17) is 0 Å². The van der Waals surface area contributed by atoms with Crippen LogP contribution in [0, 0.1) is 0 Å². The van der Waals surface area contributed by atoms with Crippen LogP contribution in [-0.4, -0.2) is 18.6 Å². The first-order valence-corrected chi connectivity index (χ1v) is 3.82. The third-order valence-corrected chi connectivity index (χ3v) is 1.05. The number of rotatable bonds is 3. The summed E-state index contributed by atoms with van der Waals surface area (Å²) in [5.74, 6) is 0. The molecule has 2 nitrogen and oxygen atoms in total. The number of hydrogen-bond acceptors (Lipinski definition) is 2. The van der Waals surface area contributed by atoms with Gasteiger partial charge < -0.3 is 5.01 Å². The third kappa shape index (κ3) is 5.63. The van der Waals surface area contributed by atoms with E-state index >= 15 is 0 Å². The molecule has 0 saturated heterocycles. The van der Waals surface area contributed by atoms with Crippen LogP contribution in [0.25, 0.3) is 0 Å². The van der Waals surface area contributed by atoms with Gasteiger partial charge in [0, 0.05) is 19.3 Å². The van der Waals surface area contributed by atoms with Crippen LogP contribution in [-0.2, 0) is 0 Å². The van der Waals surface area contributed by atoms with Gasteiger partial charge in [-0.2, -0.15) is 0 Å². The van der Waals surface area contributed by atoms with Crippen molar-refractivity contribution in [3.63, 3.8) is 0 Å². The molecule has 0 spiro atoms. The summed E-state index contributed by atoms with van der Waals surface area (Å²) in [5.41, 5.74) is 4.04. The van der Waals surface area contributed by atoms with Gasteiger partial charge >= 0.3 is 0 Å². The Morgan fingerprint density at radius 3 is 1.90 bits per heavy atom. The summed E-state index contributed by atoms with van der Waals surface area (Å²) in [5, 5.41) is 1.97. The van der Waals surface area contributed by atoms with Gasteiger partial charge in [0.1, 0.15) is 0 Å². The van der Waals surface area contributed by atoms with Crippen LogP contribution in [0.3, 0.4) is 0 Å². The van der Waals surface area contributed by atoms with Crippen LogP contribution in [0.5, 0.6) is 0 Å². The molecule has 0 aliphatic heterocycles. The minimum absolute atomic E-state index is 0.964. The average molecular weight is 144 g/mol. The van der Waals surface area contributed by atoms with Gasteiger partial charge in [-0.25, -0.2) is 5.43 Å². The van der Waals surface area contributed by atoms with E-state index in [1.807, 2.05) is 32.8 Å². The molecule has 0 atom stereocenters. The molecule has 2 heteroatoms. The topological polar surface area (TPSA) is 15.3 Å². The van der Waals surface area contributed by atoms with Crippen LogP contribution in [0.4, 0.5) is 0 Å². The Morgan fingerprint density at radius 1 is 1.50 bits per heavy atom. The Hall–Kier alpha value is -0.500. The molecule has 0 bridgehead atoms. The Morgan fingerprint density at radius 2 is 1.90 bits per heavy atom. The molecule has 0 aromatic heterocycles. The Labute approximate surface area is 64.9 Å². The second-order valence-electron chi connectivity index (χ2n) is 1.70. The normalized spacial score (nSPS) is 7.70. The lowest BCUT2D eigenvalue weighted by atomic mass is 10.5. The summed E-state index contributed by atoms with van der Waals surface area (Å²) in [6, 6.07) is 0. The van der Waals surface area contributed by atoms with E-state index in [-0.39, 0.29) is 0 Å². The molecule has 10 heavy (non-hydrogen) atoms. The second-order valence-corrected chi connectivity index (χ2v) is 1.70. The number of hydrazine groups is 1. The zero-order valence-electron chi connectivity index (χ0n) is 7.86. The number of nitrogens with one attached hydrogen (secondary N) is 1. The van der Waals surface area contributed by atoms with Crippen molar-refractivity contribution in [2.45, 2.75) is 27.7 Å². The molecule has 62 valence electrons. The van der Waals surface area contributed by atoms with Crippen LogP contribution in [0.2, 0.25) is 0 Å². The van der Waals surface area contributed by atoms with E-state index in [1.54, 1.807) is 0 Å². The van der Waals surface area contributed by atoms with Crippen molar-refractivity contribution >= 4 is 0 Å². The van der Waals surface area contributed by atoms with Crippen LogP contribution >= 0.6 is 0 Å². The van der Waals surface area contributed by atoms with Crippen LogP contribution in [0.15, 0.2) is 12.3 Å². The van der Waals surface area contributed by atoms with Crippen LogP contribution in [0.1, 0.15) is 27.7 Å². The monoisotopic (exact) mass is 144 g/mol. The van der Waals surface area contributed by atoms with Gasteiger partial charge in [-0.1, -0.05) is 20.4 Å². The fraction of sp³-hybridized carbons (Fsp3) is 0.750. The summed E-state index contributed by atoms with van der Waals surface area (Å²) in [6.45, 7) is 12.8. The molecule has 0 aromatic rings. The molecule has 0 fully saturated rings.